The largest absolute Gasteiger partial charge is 0.494 e. The Morgan fingerprint density at radius 1 is 1.00 bits per heavy atom. The van der Waals surface area contributed by atoms with Crippen LogP contribution in [0.3, 0.4) is 0 Å². The summed E-state index contributed by atoms with van der Waals surface area (Å²) in [5.41, 5.74) is 0. The third kappa shape index (κ3) is 4.53. The lowest BCUT2D eigenvalue weighted by atomic mass is 10.3. The fourth-order valence-electron chi connectivity index (χ4n) is 2.71. The molecule has 1 aromatic heterocycles. The van der Waals surface area contributed by atoms with Gasteiger partial charge in [-0.2, -0.15) is 0 Å². The minimum atomic E-state index is -4.25. The number of nitrogens with one attached hydrogen (secondary N) is 1. The van der Waals surface area contributed by atoms with Crippen molar-refractivity contribution in [2.45, 2.75) is 15.0 Å². The van der Waals surface area contributed by atoms with E-state index >= 15 is 0 Å². The average molecular weight is 457 g/mol. The molecule has 0 aliphatic rings. The standard InChI is InChI=1S/C19H17F2NO6S2/c1-27-17-9-8-15(11-16(17)21)30(25,26)22-12-19(18-3-2-10-28-18)29(23,24)14-6-4-13(20)5-7-14/h2-11,19,22H,12H2,1H3/t19-/m0/s1. The van der Waals surface area contributed by atoms with Crippen LogP contribution >= 0.6 is 0 Å². The number of halogens is 2. The molecule has 1 atom stereocenters. The number of furan rings is 1. The van der Waals surface area contributed by atoms with E-state index in [1.165, 1.54) is 25.5 Å². The molecule has 160 valence electrons. The highest BCUT2D eigenvalue weighted by atomic mass is 32.2. The molecule has 0 aliphatic heterocycles. The van der Waals surface area contributed by atoms with Gasteiger partial charge in [0.1, 0.15) is 16.8 Å². The van der Waals surface area contributed by atoms with E-state index in [4.69, 9.17) is 9.15 Å². The topological polar surface area (TPSA) is 103 Å². The van der Waals surface area contributed by atoms with Crippen molar-refractivity contribution in [2.24, 2.45) is 0 Å². The number of methoxy groups -OCH3 is 1. The van der Waals surface area contributed by atoms with Gasteiger partial charge in [-0.1, -0.05) is 0 Å². The minimum absolute atomic E-state index is 0.0112. The van der Waals surface area contributed by atoms with Crippen molar-refractivity contribution in [1.29, 1.82) is 0 Å². The maximum absolute atomic E-state index is 13.9. The summed E-state index contributed by atoms with van der Waals surface area (Å²) < 4.78 is 90.4. The van der Waals surface area contributed by atoms with E-state index in [9.17, 15) is 25.6 Å². The number of sulfone groups is 1. The number of sulfonamides is 1. The molecular weight excluding hydrogens is 440 g/mol. The van der Waals surface area contributed by atoms with Crippen molar-refractivity contribution >= 4 is 19.9 Å². The molecule has 3 aromatic rings. The second-order valence-electron chi connectivity index (χ2n) is 6.15. The van der Waals surface area contributed by atoms with Gasteiger partial charge in [0.25, 0.3) is 0 Å². The number of ether oxygens (including phenoxy) is 1. The van der Waals surface area contributed by atoms with Crippen molar-refractivity contribution in [3.63, 3.8) is 0 Å². The summed E-state index contributed by atoms with van der Waals surface area (Å²) in [5, 5.41) is -1.43. The van der Waals surface area contributed by atoms with Gasteiger partial charge in [0, 0.05) is 6.54 Å². The Morgan fingerprint density at radius 3 is 2.23 bits per heavy atom. The predicted octanol–water partition coefficient (Wildman–Crippen LogP) is 3.06. The first-order valence-corrected chi connectivity index (χ1v) is 11.5. The lowest BCUT2D eigenvalue weighted by Gasteiger charge is -2.17. The highest BCUT2D eigenvalue weighted by Crippen LogP contribution is 2.30. The Hall–Kier alpha value is -2.76. The molecule has 1 N–H and O–H groups in total. The number of hydrogen-bond donors (Lipinski definition) is 1. The van der Waals surface area contributed by atoms with Gasteiger partial charge in [0.2, 0.25) is 10.0 Å². The van der Waals surface area contributed by atoms with E-state index in [2.05, 4.69) is 4.72 Å². The predicted molar refractivity (Wildman–Crippen MR) is 103 cm³/mol. The van der Waals surface area contributed by atoms with Gasteiger partial charge in [0.05, 0.1) is 23.2 Å². The number of rotatable bonds is 8. The molecule has 0 spiro atoms. The summed E-state index contributed by atoms with van der Waals surface area (Å²) in [6, 6.07) is 9.99. The third-order valence-corrected chi connectivity index (χ3v) is 7.77. The zero-order valence-electron chi connectivity index (χ0n) is 15.6. The summed E-state index contributed by atoms with van der Waals surface area (Å²) in [5.74, 6) is -1.66. The molecule has 0 radical (unpaired) electrons. The van der Waals surface area contributed by atoms with E-state index in [0.29, 0.717) is 0 Å². The van der Waals surface area contributed by atoms with E-state index in [-0.39, 0.29) is 16.4 Å². The van der Waals surface area contributed by atoms with Gasteiger partial charge in [-0.05, 0) is 54.6 Å². The molecule has 11 heteroatoms. The van der Waals surface area contributed by atoms with Gasteiger partial charge in [0.15, 0.2) is 21.4 Å². The minimum Gasteiger partial charge on any atom is -0.494 e. The van der Waals surface area contributed by atoms with Gasteiger partial charge >= 0.3 is 0 Å². The maximum atomic E-state index is 13.9. The lowest BCUT2D eigenvalue weighted by Crippen LogP contribution is -2.32. The first kappa shape index (κ1) is 21.9. The normalized spacial score (nSPS) is 13.2. The Bertz CT molecular complexity index is 1220. The molecule has 0 unspecified atom stereocenters. The molecule has 0 saturated carbocycles. The van der Waals surface area contributed by atoms with Crippen LogP contribution in [-0.2, 0) is 19.9 Å². The Balaban J connectivity index is 1.91. The molecule has 3 rings (SSSR count). The third-order valence-electron chi connectivity index (χ3n) is 4.27. The van der Waals surface area contributed by atoms with Crippen LogP contribution in [0.15, 0.2) is 75.1 Å². The Kier molecular flexibility index (Phi) is 6.25. The Morgan fingerprint density at radius 2 is 1.67 bits per heavy atom. The van der Waals surface area contributed by atoms with Crippen molar-refractivity contribution in [3.05, 3.63) is 78.3 Å². The van der Waals surface area contributed by atoms with Crippen LogP contribution in [-0.4, -0.2) is 30.5 Å². The summed E-state index contributed by atoms with van der Waals surface area (Å²) in [7, 11) is -7.17. The van der Waals surface area contributed by atoms with E-state index in [1.54, 1.807) is 0 Å². The average Bonchev–Trinajstić information content (AvgIpc) is 3.22. The summed E-state index contributed by atoms with van der Waals surface area (Å²) in [6.07, 6.45) is 1.25. The molecular formula is C19H17F2NO6S2. The van der Waals surface area contributed by atoms with Crippen LogP contribution in [0, 0.1) is 11.6 Å². The summed E-state index contributed by atoms with van der Waals surface area (Å²) >= 11 is 0. The molecule has 0 bridgehead atoms. The Labute approximate surface area is 172 Å². The van der Waals surface area contributed by atoms with Gasteiger partial charge in [-0.3, -0.25) is 0 Å². The van der Waals surface area contributed by atoms with Crippen LogP contribution in [0.25, 0.3) is 0 Å². The van der Waals surface area contributed by atoms with Gasteiger partial charge < -0.3 is 9.15 Å². The van der Waals surface area contributed by atoms with Crippen molar-refractivity contribution < 1.29 is 34.8 Å². The molecule has 30 heavy (non-hydrogen) atoms. The number of benzene rings is 2. The van der Waals surface area contributed by atoms with Crippen molar-refractivity contribution in [1.82, 2.24) is 4.72 Å². The molecule has 0 fully saturated rings. The molecule has 0 aliphatic carbocycles. The van der Waals surface area contributed by atoms with E-state index in [0.717, 1.165) is 42.5 Å². The monoisotopic (exact) mass is 457 g/mol. The second kappa shape index (κ2) is 8.54. The van der Waals surface area contributed by atoms with Gasteiger partial charge in [-0.15, -0.1) is 0 Å². The van der Waals surface area contributed by atoms with Crippen molar-refractivity contribution in [2.75, 3.05) is 13.7 Å². The highest BCUT2D eigenvalue weighted by Gasteiger charge is 2.33. The van der Waals surface area contributed by atoms with Crippen LogP contribution in [0.4, 0.5) is 8.78 Å². The molecule has 2 aromatic carbocycles. The van der Waals surface area contributed by atoms with Crippen LogP contribution in [0.5, 0.6) is 5.75 Å². The number of hydrogen-bond acceptors (Lipinski definition) is 6. The van der Waals surface area contributed by atoms with E-state index in [1.807, 2.05) is 0 Å². The quantitative estimate of drug-likeness (QED) is 0.522. The summed E-state index contributed by atoms with van der Waals surface area (Å²) in [6.45, 7) is -0.594. The fourth-order valence-corrected chi connectivity index (χ4v) is 5.46. The smallest absolute Gasteiger partial charge is 0.240 e. The van der Waals surface area contributed by atoms with Crippen molar-refractivity contribution in [3.8, 4) is 5.75 Å². The lowest BCUT2D eigenvalue weighted by molar-refractivity contribution is 0.385. The summed E-state index contributed by atoms with van der Waals surface area (Å²) in [4.78, 5) is -0.613. The zero-order valence-corrected chi connectivity index (χ0v) is 17.2. The molecule has 0 amide bonds. The first-order valence-electron chi connectivity index (χ1n) is 8.51. The molecule has 0 saturated heterocycles. The second-order valence-corrected chi connectivity index (χ2v) is 10.0. The zero-order chi connectivity index (χ0) is 21.9. The fraction of sp³-hybridized carbons (Fsp3) is 0.158. The van der Waals surface area contributed by atoms with Crippen LogP contribution in [0.2, 0.25) is 0 Å². The molecule has 1 heterocycles. The highest BCUT2D eigenvalue weighted by molar-refractivity contribution is 7.92. The van der Waals surface area contributed by atoms with Crippen LogP contribution in [0.1, 0.15) is 11.0 Å². The van der Waals surface area contributed by atoms with Gasteiger partial charge in [-0.25, -0.2) is 30.3 Å². The first-order chi connectivity index (χ1) is 14.1. The van der Waals surface area contributed by atoms with Crippen LogP contribution < -0.4 is 9.46 Å². The SMILES string of the molecule is COc1ccc(S(=O)(=O)NC[C@@H](c2ccco2)S(=O)(=O)c2ccc(F)cc2)cc1F. The van der Waals surface area contributed by atoms with E-state index < -0.39 is 48.2 Å². The molecule has 7 nitrogen and oxygen atoms in total. The maximum Gasteiger partial charge on any atom is 0.240 e.